The lowest BCUT2D eigenvalue weighted by Gasteiger charge is -2.22. The average molecular weight is 377 g/mol. The van der Waals surface area contributed by atoms with E-state index in [-0.39, 0.29) is 28.2 Å². The fourth-order valence-electron chi connectivity index (χ4n) is 3.32. The molecule has 0 radical (unpaired) electrons. The van der Waals surface area contributed by atoms with Gasteiger partial charge in [0.15, 0.2) is 5.69 Å². The molecule has 142 valence electrons. The zero-order chi connectivity index (χ0) is 19.9. The van der Waals surface area contributed by atoms with Crippen molar-refractivity contribution in [3.05, 3.63) is 82.1 Å². The molecule has 2 aromatic heterocycles. The maximum Gasteiger partial charge on any atom is 0.251 e. The number of nitrogens with zero attached hydrogens (tertiary/aromatic N) is 3. The molecule has 5 nitrogen and oxygen atoms in total. The second-order valence-corrected chi connectivity index (χ2v) is 7.75. The summed E-state index contributed by atoms with van der Waals surface area (Å²) in [5.74, 6) is -0.111. The summed E-state index contributed by atoms with van der Waals surface area (Å²) in [7, 11) is 0. The number of halogens is 1. The van der Waals surface area contributed by atoms with E-state index in [4.69, 9.17) is 4.42 Å². The zero-order valence-corrected chi connectivity index (χ0v) is 15.9. The van der Waals surface area contributed by atoms with Gasteiger partial charge in [-0.15, -0.1) is 0 Å². The number of hydrogen-bond donors (Lipinski definition) is 0. The zero-order valence-electron chi connectivity index (χ0n) is 15.9. The van der Waals surface area contributed by atoms with Crippen molar-refractivity contribution in [2.24, 2.45) is 0 Å². The van der Waals surface area contributed by atoms with Crippen LogP contribution in [-0.4, -0.2) is 14.8 Å². The molecule has 6 heteroatoms. The Bertz CT molecular complexity index is 1190. The summed E-state index contributed by atoms with van der Waals surface area (Å²) in [6.45, 7) is 6.59. The van der Waals surface area contributed by atoms with Crippen molar-refractivity contribution >= 4 is 10.9 Å². The molecule has 0 aliphatic rings. The van der Waals surface area contributed by atoms with Crippen LogP contribution in [-0.2, 0) is 12.0 Å². The Morgan fingerprint density at radius 2 is 1.86 bits per heavy atom. The highest BCUT2D eigenvalue weighted by atomic mass is 19.1. The van der Waals surface area contributed by atoms with Crippen molar-refractivity contribution in [2.45, 2.75) is 32.7 Å². The number of aromatic nitrogens is 3. The van der Waals surface area contributed by atoms with Gasteiger partial charge >= 0.3 is 0 Å². The van der Waals surface area contributed by atoms with Crippen molar-refractivity contribution in [1.29, 1.82) is 0 Å². The summed E-state index contributed by atoms with van der Waals surface area (Å²) in [6.07, 6.45) is 2.90. The quantitative estimate of drug-likeness (QED) is 0.526. The van der Waals surface area contributed by atoms with E-state index in [1.807, 2.05) is 18.2 Å². The van der Waals surface area contributed by atoms with Crippen molar-refractivity contribution in [1.82, 2.24) is 14.8 Å². The maximum atomic E-state index is 13.3. The van der Waals surface area contributed by atoms with Gasteiger partial charge in [0.1, 0.15) is 12.1 Å². The Morgan fingerprint density at radius 1 is 1.11 bits per heavy atom. The molecule has 0 atom stereocenters. The molecule has 2 aromatic carbocycles. The Labute approximate surface area is 161 Å². The number of hydrogen-bond acceptors (Lipinski definition) is 4. The van der Waals surface area contributed by atoms with Gasteiger partial charge in [0.2, 0.25) is 5.43 Å². The van der Waals surface area contributed by atoms with Gasteiger partial charge in [0.25, 0.3) is 5.89 Å². The molecule has 0 fully saturated rings. The van der Waals surface area contributed by atoms with E-state index < -0.39 is 0 Å². The molecule has 0 bridgehead atoms. The minimum atomic E-state index is -0.294. The lowest BCUT2D eigenvalue weighted by molar-refractivity contribution is 0.564. The summed E-state index contributed by atoms with van der Waals surface area (Å²) in [6, 6.07) is 12.0. The van der Waals surface area contributed by atoms with Gasteiger partial charge in [0.05, 0.1) is 23.6 Å². The molecule has 0 N–H and O–H groups in total. The molecule has 0 spiro atoms. The van der Waals surface area contributed by atoms with Crippen LogP contribution in [0, 0.1) is 5.82 Å². The van der Waals surface area contributed by atoms with Crippen molar-refractivity contribution in [3.8, 4) is 11.6 Å². The first-order valence-corrected chi connectivity index (χ1v) is 9.03. The summed E-state index contributed by atoms with van der Waals surface area (Å²) in [5, 5.41) is 5.14. The molecule has 2 heterocycles. The molecule has 0 saturated heterocycles. The standard InChI is InChI=1S/C22H20FN3O2/c1-22(2,3)16-5-4-6-17-18(16)20(27)19(21-24-11-12-28-21)25-26(17)13-14-7-9-15(23)10-8-14/h4-12H,13H2,1-3H3. The second-order valence-electron chi connectivity index (χ2n) is 7.75. The minimum Gasteiger partial charge on any atom is -0.443 e. The summed E-state index contributed by atoms with van der Waals surface area (Å²) in [4.78, 5) is 17.4. The van der Waals surface area contributed by atoms with Gasteiger partial charge in [-0.1, -0.05) is 45.0 Å². The number of rotatable bonds is 3. The topological polar surface area (TPSA) is 60.9 Å². The van der Waals surface area contributed by atoms with Crippen molar-refractivity contribution in [2.75, 3.05) is 0 Å². The van der Waals surface area contributed by atoms with Crippen LogP contribution in [0.15, 0.2) is 64.1 Å². The van der Waals surface area contributed by atoms with Gasteiger partial charge in [0, 0.05) is 0 Å². The van der Waals surface area contributed by atoms with Crippen LogP contribution in [0.3, 0.4) is 0 Å². The Morgan fingerprint density at radius 3 is 2.50 bits per heavy atom. The molecule has 4 aromatic rings. The van der Waals surface area contributed by atoms with Crippen LogP contribution >= 0.6 is 0 Å². The summed E-state index contributed by atoms with van der Waals surface area (Å²) in [5.41, 5.74) is 2.24. The van der Waals surface area contributed by atoms with Crippen LogP contribution < -0.4 is 5.43 Å². The van der Waals surface area contributed by atoms with Crippen LogP contribution in [0.2, 0.25) is 0 Å². The van der Waals surface area contributed by atoms with E-state index in [2.05, 4.69) is 30.9 Å². The first-order chi connectivity index (χ1) is 13.3. The van der Waals surface area contributed by atoms with Crippen LogP contribution in [0.25, 0.3) is 22.5 Å². The van der Waals surface area contributed by atoms with E-state index in [1.54, 1.807) is 16.8 Å². The first-order valence-electron chi connectivity index (χ1n) is 9.03. The summed E-state index contributed by atoms with van der Waals surface area (Å²) < 4.78 is 20.4. The third-order valence-corrected chi connectivity index (χ3v) is 4.67. The SMILES string of the molecule is CC(C)(C)c1cccc2c1c(=O)c(-c1ncco1)nn2Cc1ccc(F)cc1. The largest absolute Gasteiger partial charge is 0.443 e. The predicted molar refractivity (Wildman–Crippen MR) is 106 cm³/mol. The highest BCUT2D eigenvalue weighted by Gasteiger charge is 2.23. The van der Waals surface area contributed by atoms with E-state index in [0.717, 1.165) is 16.6 Å². The monoisotopic (exact) mass is 377 g/mol. The van der Waals surface area contributed by atoms with Crippen molar-refractivity contribution in [3.63, 3.8) is 0 Å². The van der Waals surface area contributed by atoms with Gasteiger partial charge in [-0.25, -0.2) is 9.37 Å². The Hall–Kier alpha value is -3.28. The normalized spacial score (nSPS) is 11.9. The first kappa shape index (κ1) is 18.1. The highest BCUT2D eigenvalue weighted by Crippen LogP contribution is 2.29. The van der Waals surface area contributed by atoms with Crippen LogP contribution in [0.4, 0.5) is 4.39 Å². The maximum absolute atomic E-state index is 13.3. The lowest BCUT2D eigenvalue weighted by Crippen LogP contribution is -2.22. The minimum absolute atomic E-state index is 0.163. The molecule has 0 unspecified atom stereocenters. The van der Waals surface area contributed by atoms with Gasteiger partial charge in [-0.05, 0) is 34.7 Å². The van der Waals surface area contributed by atoms with Crippen molar-refractivity contribution < 1.29 is 8.81 Å². The molecular formula is C22H20FN3O2. The molecule has 0 aliphatic carbocycles. The van der Waals surface area contributed by atoms with Crippen LogP contribution in [0.5, 0.6) is 0 Å². The van der Waals surface area contributed by atoms with Gasteiger partial charge < -0.3 is 4.42 Å². The van der Waals surface area contributed by atoms with E-state index in [1.165, 1.54) is 24.6 Å². The second kappa shape index (κ2) is 6.71. The molecule has 0 aliphatic heterocycles. The number of benzene rings is 2. The predicted octanol–water partition coefficient (Wildman–Crippen LogP) is 4.54. The molecular weight excluding hydrogens is 357 g/mol. The average Bonchev–Trinajstić information content (AvgIpc) is 3.19. The van der Waals surface area contributed by atoms with E-state index in [0.29, 0.717) is 11.9 Å². The third kappa shape index (κ3) is 3.22. The Balaban J connectivity index is 2.02. The highest BCUT2D eigenvalue weighted by molar-refractivity contribution is 5.85. The Kier molecular flexibility index (Phi) is 4.34. The molecule has 28 heavy (non-hydrogen) atoms. The number of fused-ring (bicyclic) bond motifs is 1. The van der Waals surface area contributed by atoms with Crippen LogP contribution in [0.1, 0.15) is 31.9 Å². The smallest absolute Gasteiger partial charge is 0.251 e. The van der Waals surface area contributed by atoms with E-state index >= 15 is 0 Å². The van der Waals surface area contributed by atoms with Gasteiger partial charge in [-0.2, -0.15) is 5.10 Å². The third-order valence-electron chi connectivity index (χ3n) is 4.67. The fourth-order valence-corrected chi connectivity index (χ4v) is 3.32. The summed E-state index contributed by atoms with van der Waals surface area (Å²) >= 11 is 0. The number of oxazole rings is 1. The van der Waals surface area contributed by atoms with E-state index in [9.17, 15) is 9.18 Å². The molecule has 0 amide bonds. The molecule has 0 saturated carbocycles. The molecule has 4 rings (SSSR count). The van der Waals surface area contributed by atoms with Gasteiger partial charge in [-0.3, -0.25) is 9.48 Å². The lowest BCUT2D eigenvalue weighted by atomic mass is 9.84. The fraction of sp³-hybridized carbons (Fsp3) is 0.227.